The second kappa shape index (κ2) is 9.73. The topological polar surface area (TPSA) is 78.5 Å². The highest BCUT2D eigenvalue weighted by Gasteiger charge is 2.16. The monoisotopic (exact) mass is 387 g/mol. The minimum atomic E-state index is -0.284. The Balaban J connectivity index is 1.90. The van der Waals surface area contributed by atoms with E-state index in [-0.39, 0.29) is 30.7 Å². The van der Waals surface area contributed by atoms with E-state index in [2.05, 4.69) is 10.6 Å². The molecule has 3 amide bonds. The molecule has 6 nitrogen and oxygen atoms in total. The summed E-state index contributed by atoms with van der Waals surface area (Å²) < 4.78 is 0. The molecule has 0 aromatic heterocycles. The van der Waals surface area contributed by atoms with E-state index in [1.54, 1.807) is 48.5 Å². The number of benzene rings is 2. The van der Waals surface area contributed by atoms with E-state index in [0.29, 0.717) is 22.9 Å². The van der Waals surface area contributed by atoms with Crippen LogP contribution in [0.3, 0.4) is 0 Å². The van der Waals surface area contributed by atoms with Gasteiger partial charge in [-0.2, -0.15) is 0 Å². The molecule has 2 aromatic rings. The molecular formula is C20H22ClN3O3. The summed E-state index contributed by atoms with van der Waals surface area (Å²) in [4.78, 5) is 37.2. The number of carbonyl (C=O) groups excluding carboxylic acids is 3. The highest BCUT2D eigenvalue weighted by Crippen LogP contribution is 2.14. The zero-order valence-electron chi connectivity index (χ0n) is 15.3. The van der Waals surface area contributed by atoms with Gasteiger partial charge in [0, 0.05) is 29.9 Å². The molecule has 0 saturated carbocycles. The lowest BCUT2D eigenvalue weighted by molar-refractivity contribution is -0.133. The van der Waals surface area contributed by atoms with Gasteiger partial charge in [-0.05, 0) is 48.9 Å². The molecule has 0 aliphatic rings. The third kappa shape index (κ3) is 6.75. The number of amides is 3. The zero-order chi connectivity index (χ0) is 19.8. The first-order chi connectivity index (χ1) is 12.9. The number of likely N-dealkylation sites (N-methyl/N-ethyl adjacent to an activating group) is 1. The second-order valence-electron chi connectivity index (χ2n) is 6.02. The van der Waals surface area contributed by atoms with Crippen molar-refractivity contribution in [1.29, 1.82) is 0 Å². The minimum Gasteiger partial charge on any atom is -0.333 e. The first-order valence-corrected chi connectivity index (χ1v) is 8.95. The van der Waals surface area contributed by atoms with Gasteiger partial charge < -0.3 is 15.5 Å². The highest BCUT2D eigenvalue weighted by molar-refractivity contribution is 6.30. The van der Waals surface area contributed by atoms with Crippen LogP contribution >= 0.6 is 11.6 Å². The Labute approximate surface area is 163 Å². The summed E-state index contributed by atoms with van der Waals surface area (Å²) in [6, 6.07) is 13.8. The van der Waals surface area contributed by atoms with Crippen molar-refractivity contribution in [2.75, 3.05) is 23.7 Å². The number of nitrogens with zero attached hydrogens (tertiary/aromatic N) is 1. The van der Waals surface area contributed by atoms with Crippen LogP contribution in [0, 0.1) is 0 Å². The summed E-state index contributed by atoms with van der Waals surface area (Å²) in [5.41, 5.74) is 2.08. The van der Waals surface area contributed by atoms with Gasteiger partial charge in [0.05, 0.1) is 13.0 Å². The van der Waals surface area contributed by atoms with Crippen molar-refractivity contribution in [3.05, 3.63) is 59.1 Å². The molecule has 0 spiro atoms. The molecule has 2 aromatic carbocycles. The van der Waals surface area contributed by atoms with Gasteiger partial charge in [-0.25, -0.2) is 0 Å². The normalized spacial score (nSPS) is 10.2. The summed E-state index contributed by atoms with van der Waals surface area (Å²) in [5, 5.41) is 6.02. The maximum atomic E-state index is 12.4. The van der Waals surface area contributed by atoms with E-state index in [1.807, 2.05) is 6.92 Å². The maximum absolute atomic E-state index is 12.4. The molecule has 0 fully saturated rings. The van der Waals surface area contributed by atoms with Crippen molar-refractivity contribution in [1.82, 2.24) is 4.90 Å². The summed E-state index contributed by atoms with van der Waals surface area (Å²) in [6.07, 6.45) is 0.212. The Morgan fingerprint density at radius 2 is 1.48 bits per heavy atom. The molecular weight excluding hydrogens is 366 g/mol. The fourth-order valence-corrected chi connectivity index (χ4v) is 2.61. The van der Waals surface area contributed by atoms with Crippen molar-refractivity contribution < 1.29 is 14.4 Å². The smallest absolute Gasteiger partial charge is 0.243 e. The maximum Gasteiger partial charge on any atom is 0.243 e. The molecule has 0 aliphatic carbocycles. The van der Waals surface area contributed by atoms with Crippen LogP contribution in [0.15, 0.2) is 48.5 Å². The van der Waals surface area contributed by atoms with Crippen molar-refractivity contribution in [2.24, 2.45) is 0 Å². The SMILES string of the molecule is CCN(CC(=O)Nc1ccc(NC(C)=O)cc1)C(=O)Cc1ccc(Cl)cc1. The van der Waals surface area contributed by atoms with E-state index in [4.69, 9.17) is 11.6 Å². The standard InChI is InChI=1S/C20H22ClN3O3/c1-3-24(20(27)12-15-4-6-16(21)7-5-15)13-19(26)23-18-10-8-17(9-11-18)22-14(2)25/h4-11H,3,12-13H2,1-2H3,(H,22,25)(H,23,26). The van der Waals surface area contributed by atoms with E-state index in [1.165, 1.54) is 11.8 Å². The molecule has 7 heteroatoms. The minimum absolute atomic E-state index is 0.0314. The Morgan fingerprint density at radius 1 is 0.926 bits per heavy atom. The third-order valence-corrected chi connectivity index (χ3v) is 4.08. The van der Waals surface area contributed by atoms with Crippen molar-refractivity contribution in [2.45, 2.75) is 20.3 Å². The molecule has 0 aliphatic heterocycles. The summed E-state index contributed by atoms with van der Waals surface area (Å²) in [7, 11) is 0. The lowest BCUT2D eigenvalue weighted by Crippen LogP contribution is -2.38. The van der Waals surface area contributed by atoms with E-state index < -0.39 is 0 Å². The Morgan fingerprint density at radius 3 is 2.00 bits per heavy atom. The van der Waals surface area contributed by atoms with Crippen LogP contribution < -0.4 is 10.6 Å². The van der Waals surface area contributed by atoms with Crippen LogP contribution in [0.4, 0.5) is 11.4 Å². The molecule has 2 N–H and O–H groups in total. The molecule has 0 saturated heterocycles. The lowest BCUT2D eigenvalue weighted by Gasteiger charge is -2.20. The Kier molecular flexibility index (Phi) is 7.37. The fourth-order valence-electron chi connectivity index (χ4n) is 2.48. The number of rotatable bonds is 7. The molecule has 0 atom stereocenters. The van der Waals surface area contributed by atoms with Gasteiger partial charge >= 0.3 is 0 Å². The lowest BCUT2D eigenvalue weighted by atomic mass is 10.1. The quantitative estimate of drug-likeness (QED) is 0.764. The fraction of sp³-hybridized carbons (Fsp3) is 0.250. The Hall–Kier alpha value is -2.86. The number of anilines is 2. The van der Waals surface area contributed by atoms with Gasteiger partial charge in [-0.15, -0.1) is 0 Å². The van der Waals surface area contributed by atoms with Gasteiger partial charge in [0.1, 0.15) is 0 Å². The largest absolute Gasteiger partial charge is 0.333 e. The average Bonchev–Trinajstić information content (AvgIpc) is 2.62. The number of nitrogens with one attached hydrogen (secondary N) is 2. The average molecular weight is 388 g/mol. The van der Waals surface area contributed by atoms with Crippen molar-refractivity contribution >= 4 is 40.7 Å². The van der Waals surface area contributed by atoms with Gasteiger partial charge in [0.15, 0.2) is 0 Å². The first-order valence-electron chi connectivity index (χ1n) is 8.57. The van der Waals surface area contributed by atoms with Gasteiger partial charge in [-0.3, -0.25) is 14.4 Å². The molecule has 27 heavy (non-hydrogen) atoms. The summed E-state index contributed by atoms with van der Waals surface area (Å²) in [6.45, 7) is 3.66. The number of hydrogen-bond acceptors (Lipinski definition) is 3. The molecule has 0 unspecified atom stereocenters. The van der Waals surface area contributed by atoms with Gasteiger partial charge in [0.25, 0.3) is 0 Å². The van der Waals surface area contributed by atoms with Crippen LogP contribution in [0.1, 0.15) is 19.4 Å². The van der Waals surface area contributed by atoms with Crippen molar-refractivity contribution in [3.8, 4) is 0 Å². The van der Waals surface area contributed by atoms with Crippen LogP contribution in [-0.2, 0) is 20.8 Å². The van der Waals surface area contributed by atoms with E-state index >= 15 is 0 Å². The highest BCUT2D eigenvalue weighted by atomic mass is 35.5. The van der Waals surface area contributed by atoms with Crippen LogP contribution in [0.2, 0.25) is 5.02 Å². The third-order valence-electron chi connectivity index (χ3n) is 3.83. The zero-order valence-corrected chi connectivity index (χ0v) is 16.0. The van der Waals surface area contributed by atoms with Crippen molar-refractivity contribution in [3.63, 3.8) is 0 Å². The first kappa shape index (κ1) is 20.5. The predicted octanol–water partition coefficient (Wildman–Crippen LogP) is 3.33. The van der Waals surface area contributed by atoms with Crippen LogP contribution in [0.25, 0.3) is 0 Å². The molecule has 2 rings (SSSR count). The van der Waals surface area contributed by atoms with E-state index in [0.717, 1.165) is 5.56 Å². The van der Waals surface area contributed by atoms with Crippen LogP contribution in [0.5, 0.6) is 0 Å². The van der Waals surface area contributed by atoms with Crippen LogP contribution in [-0.4, -0.2) is 35.7 Å². The summed E-state index contributed by atoms with van der Waals surface area (Å²) >= 11 is 5.85. The number of hydrogen-bond donors (Lipinski definition) is 2. The second-order valence-corrected chi connectivity index (χ2v) is 6.45. The van der Waals surface area contributed by atoms with Gasteiger partial charge in [-0.1, -0.05) is 23.7 Å². The predicted molar refractivity (Wildman–Crippen MR) is 107 cm³/mol. The van der Waals surface area contributed by atoms with E-state index in [9.17, 15) is 14.4 Å². The Bertz CT molecular complexity index is 804. The summed E-state index contributed by atoms with van der Waals surface area (Å²) in [5.74, 6) is -0.575. The van der Waals surface area contributed by atoms with Gasteiger partial charge in [0.2, 0.25) is 17.7 Å². The molecule has 142 valence electrons. The molecule has 0 radical (unpaired) electrons. The molecule has 0 bridgehead atoms. The molecule has 0 heterocycles. The number of carbonyl (C=O) groups is 3. The number of halogens is 1.